The van der Waals surface area contributed by atoms with Gasteiger partial charge in [-0.25, -0.2) is 4.39 Å². The first kappa shape index (κ1) is 16.8. The highest BCUT2D eigenvalue weighted by Gasteiger charge is 2.37. The molecule has 0 aromatic heterocycles. The second-order valence-electron chi connectivity index (χ2n) is 7.37. The normalized spacial score (nSPS) is 26.9. The van der Waals surface area contributed by atoms with Crippen LogP contribution in [0.3, 0.4) is 0 Å². The number of nitrogens with two attached hydrogens (primary N) is 1. The molecule has 0 saturated heterocycles. The van der Waals surface area contributed by atoms with Crippen LogP contribution in [0.4, 0.5) is 4.39 Å². The largest absolute Gasteiger partial charge is 0.325 e. The molecule has 118 valence electrons. The predicted molar refractivity (Wildman–Crippen MR) is 88.1 cm³/mol. The topological polar surface area (TPSA) is 26.0 Å². The van der Waals surface area contributed by atoms with E-state index in [4.69, 9.17) is 17.3 Å². The van der Waals surface area contributed by atoms with Crippen LogP contribution < -0.4 is 5.73 Å². The average Bonchev–Trinajstić information content (AvgIpc) is 2.44. The summed E-state index contributed by atoms with van der Waals surface area (Å²) in [5.74, 6) is 0.420. The summed E-state index contributed by atoms with van der Waals surface area (Å²) in [4.78, 5) is 0. The van der Waals surface area contributed by atoms with Crippen LogP contribution >= 0.6 is 11.6 Å². The molecule has 0 bridgehead atoms. The minimum absolute atomic E-state index is 0.192. The first-order valence-electron chi connectivity index (χ1n) is 7.99. The molecular formula is C18H27ClFN. The lowest BCUT2D eigenvalue weighted by Gasteiger charge is -2.43. The summed E-state index contributed by atoms with van der Waals surface area (Å²) < 4.78 is 14.1. The molecule has 3 heteroatoms. The third-order valence-electron chi connectivity index (χ3n) is 5.57. The van der Waals surface area contributed by atoms with E-state index in [2.05, 4.69) is 20.8 Å². The van der Waals surface area contributed by atoms with Gasteiger partial charge in [-0.05, 0) is 55.1 Å². The molecule has 1 aliphatic carbocycles. The Labute approximate surface area is 133 Å². The van der Waals surface area contributed by atoms with Crippen LogP contribution in [-0.2, 0) is 6.42 Å². The van der Waals surface area contributed by atoms with E-state index in [1.54, 1.807) is 18.2 Å². The van der Waals surface area contributed by atoms with Gasteiger partial charge in [-0.2, -0.15) is 0 Å². The number of rotatable bonds is 4. The Kier molecular flexibility index (Phi) is 4.99. The van der Waals surface area contributed by atoms with Crippen molar-refractivity contribution < 1.29 is 4.39 Å². The van der Waals surface area contributed by atoms with Gasteiger partial charge in [0.1, 0.15) is 5.82 Å². The van der Waals surface area contributed by atoms with Gasteiger partial charge in [-0.15, -0.1) is 0 Å². The molecule has 0 amide bonds. The Bertz CT molecular complexity index is 490. The number of halogens is 2. The Morgan fingerprint density at radius 1 is 1.33 bits per heavy atom. The fourth-order valence-electron chi connectivity index (χ4n) is 3.50. The predicted octanol–water partition coefficient (Wildman–Crippen LogP) is 5.35. The van der Waals surface area contributed by atoms with E-state index in [0.717, 1.165) is 31.6 Å². The van der Waals surface area contributed by atoms with E-state index < -0.39 is 0 Å². The lowest BCUT2D eigenvalue weighted by molar-refractivity contribution is 0.115. The lowest BCUT2D eigenvalue weighted by Crippen LogP contribution is -2.47. The molecule has 0 aliphatic heterocycles. The summed E-state index contributed by atoms with van der Waals surface area (Å²) in [5, 5.41) is 0.192. The Hall–Kier alpha value is -0.600. The highest BCUT2D eigenvalue weighted by molar-refractivity contribution is 6.30. The van der Waals surface area contributed by atoms with Crippen LogP contribution in [0.25, 0.3) is 0 Å². The van der Waals surface area contributed by atoms with Crippen molar-refractivity contribution in [2.45, 2.75) is 64.8 Å². The highest BCUT2D eigenvalue weighted by atomic mass is 35.5. The molecule has 1 fully saturated rings. The van der Waals surface area contributed by atoms with Crippen LogP contribution in [0.15, 0.2) is 18.2 Å². The van der Waals surface area contributed by atoms with Gasteiger partial charge >= 0.3 is 0 Å². The van der Waals surface area contributed by atoms with E-state index in [9.17, 15) is 4.39 Å². The van der Waals surface area contributed by atoms with Crippen LogP contribution in [0.1, 0.15) is 58.4 Å². The molecule has 1 saturated carbocycles. The number of hydrogen-bond acceptors (Lipinski definition) is 1. The summed E-state index contributed by atoms with van der Waals surface area (Å²) >= 11 is 5.86. The molecule has 1 aliphatic rings. The second-order valence-corrected chi connectivity index (χ2v) is 7.78. The molecule has 2 rings (SSSR count). The first-order valence-corrected chi connectivity index (χ1v) is 8.37. The van der Waals surface area contributed by atoms with Crippen molar-refractivity contribution >= 4 is 11.6 Å². The summed E-state index contributed by atoms with van der Waals surface area (Å²) in [6.45, 7) is 6.95. The van der Waals surface area contributed by atoms with Gasteiger partial charge in [0.2, 0.25) is 0 Å². The molecule has 0 radical (unpaired) electrons. The smallest absolute Gasteiger partial charge is 0.145 e. The van der Waals surface area contributed by atoms with Crippen LogP contribution in [-0.4, -0.2) is 5.54 Å². The molecule has 1 aromatic carbocycles. The zero-order valence-electron chi connectivity index (χ0n) is 13.4. The maximum atomic E-state index is 14.1. The van der Waals surface area contributed by atoms with Crippen molar-refractivity contribution in [2.24, 2.45) is 17.1 Å². The van der Waals surface area contributed by atoms with E-state index in [1.807, 2.05) is 0 Å². The van der Waals surface area contributed by atoms with E-state index >= 15 is 0 Å². The fraction of sp³-hybridized carbons (Fsp3) is 0.667. The molecule has 1 nitrogen and oxygen atoms in total. The van der Waals surface area contributed by atoms with Crippen molar-refractivity contribution in [3.05, 3.63) is 34.6 Å². The minimum Gasteiger partial charge on any atom is -0.325 e. The lowest BCUT2D eigenvalue weighted by atomic mass is 9.65. The monoisotopic (exact) mass is 311 g/mol. The standard InChI is InChI=1S/C18H27ClFN/c1-4-17(2,3)14-8-10-18(21,11-9-14)12-13-6-5-7-15(19)16(13)20/h5-7,14H,4,8-12,21H2,1-3H3. The Morgan fingerprint density at radius 3 is 2.52 bits per heavy atom. The quantitative estimate of drug-likeness (QED) is 0.797. The zero-order chi connectivity index (χ0) is 15.7. The maximum absolute atomic E-state index is 14.1. The maximum Gasteiger partial charge on any atom is 0.145 e. The number of benzene rings is 1. The van der Waals surface area contributed by atoms with Gasteiger partial charge in [0.15, 0.2) is 0 Å². The van der Waals surface area contributed by atoms with Crippen LogP contribution in [0.2, 0.25) is 5.02 Å². The fourth-order valence-corrected chi connectivity index (χ4v) is 3.70. The molecule has 0 heterocycles. The van der Waals surface area contributed by atoms with Gasteiger partial charge in [0, 0.05) is 5.54 Å². The highest BCUT2D eigenvalue weighted by Crippen LogP contribution is 2.43. The third kappa shape index (κ3) is 3.78. The van der Waals surface area contributed by atoms with Gasteiger partial charge in [0.05, 0.1) is 5.02 Å². The van der Waals surface area contributed by atoms with Crippen molar-refractivity contribution in [3.8, 4) is 0 Å². The van der Waals surface area contributed by atoms with Crippen LogP contribution in [0, 0.1) is 17.2 Å². The van der Waals surface area contributed by atoms with E-state index in [-0.39, 0.29) is 16.4 Å². The van der Waals surface area contributed by atoms with Crippen molar-refractivity contribution in [1.82, 2.24) is 0 Å². The Morgan fingerprint density at radius 2 is 1.95 bits per heavy atom. The zero-order valence-corrected chi connectivity index (χ0v) is 14.1. The van der Waals surface area contributed by atoms with Gasteiger partial charge in [-0.1, -0.05) is 50.9 Å². The van der Waals surface area contributed by atoms with Crippen molar-refractivity contribution in [1.29, 1.82) is 0 Å². The van der Waals surface area contributed by atoms with Crippen molar-refractivity contribution in [2.75, 3.05) is 0 Å². The molecule has 0 atom stereocenters. The first-order chi connectivity index (χ1) is 9.77. The van der Waals surface area contributed by atoms with Gasteiger partial charge in [-0.3, -0.25) is 0 Å². The molecule has 0 unspecified atom stereocenters. The molecule has 2 N–H and O–H groups in total. The summed E-state index contributed by atoms with van der Waals surface area (Å²) in [5.41, 5.74) is 7.29. The van der Waals surface area contributed by atoms with E-state index in [0.29, 0.717) is 17.4 Å². The second kappa shape index (κ2) is 6.26. The Balaban J connectivity index is 2.04. The summed E-state index contributed by atoms with van der Waals surface area (Å²) in [6, 6.07) is 5.19. The van der Waals surface area contributed by atoms with Gasteiger partial charge < -0.3 is 5.73 Å². The van der Waals surface area contributed by atoms with Gasteiger partial charge in [0.25, 0.3) is 0 Å². The van der Waals surface area contributed by atoms with Crippen molar-refractivity contribution in [3.63, 3.8) is 0 Å². The average molecular weight is 312 g/mol. The van der Waals surface area contributed by atoms with Crippen LogP contribution in [0.5, 0.6) is 0 Å². The number of hydrogen-bond donors (Lipinski definition) is 1. The summed E-state index contributed by atoms with van der Waals surface area (Å²) in [6.07, 6.45) is 5.98. The minimum atomic E-state index is -0.306. The SMILES string of the molecule is CCC(C)(C)C1CCC(N)(Cc2cccc(Cl)c2F)CC1. The third-order valence-corrected chi connectivity index (χ3v) is 5.86. The van der Waals surface area contributed by atoms with E-state index in [1.165, 1.54) is 6.42 Å². The summed E-state index contributed by atoms with van der Waals surface area (Å²) in [7, 11) is 0. The molecular weight excluding hydrogens is 285 g/mol. The molecule has 1 aromatic rings. The molecule has 0 spiro atoms. The molecule has 21 heavy (non-hydrogen) atoms.